The van der Waals surface area contributed by atoms with E-state index in [1.54, 1.807) is 0 Å². The first kappa shape index (κ1) is 31.4. The van der Waals surface area contributed by atoms with Crippen LogP contribution in [0.2, 0.25) is 0 Å². The van der Waals surface area contributed by atoms with Crippen LogP contribution in [0.4, 0.5) is 17.1 Å². The monoisotopic (exact) mass is 692 g/mol. The number of hydrogen-bond donors (Lipinski definition) is 0. The lowest BCUT2D eigenvalue weighted by molar-refractivity contribution is 0.672. The Hall–Kier alpha value is -7.37. The maximum Gasteiger partial charge on any atom is 0.164 e. The number of benzene rings is 8. The minimum atomic E-state index is 0.607. The highest BCUT2D eigenvalue weighted by Crippen LogP contribution is 2.43. The van der Waals surface area contributed by atoms with E-state index in [4.69, 9.17) is 19.4 Å². The van der Waals surface area contributed by atoms with Crippen molar-refractivity contribution >= 4 is 49.8 Å². The number of rotatable bonds is 7. The third-order valence-corrected chi connectivity index (χ3v) is 9.91. The summed E-state index contributed by atoms with van der Waals surface area (Å²) in [6.45, 7) is 0. The van der Waals surface area contributed by atoms with Crippen molar-refractivity contribution in [1.29, 1.82) is 0 Å². The van der Waals surface area contributed by atoms with Gasteiger partial charge in [0.15, 0.2) is 17.5 Å². The third-order valence-electron chi connectivity index (χ3n) is 9.91. The lowest BCUT2D eigenvalue weighted by atomic mass is 9.99. The molecule has 254 valence electrons. The number of hydrogen-bond acceptors (Lipinski definition) is 5. The molecule has 0 amide bonds. The van der Waals surface area contributed by atoms with Crippen molar-refractivity contribution in [3.63, 3.8) is 0 Å². The van der Waals surface area contributed by atoms with Gasteiger partial charge in [-0.1, -0.05) is 146 Å². The fourth-order valence-corrected chi connectivity index (χ4v) is 7.30. The van der Waals surface area contributed by atoms with Gasteiger partial charge in [0.05, 0.1) is 0 Å². The molecule has 0 saturated heterocycles. The van der Waals surface area contributed by atoms with Crippen LogP contribution in [0.3, 0.4) is 0 Å². The van der Waals surface area contributed by atoms with Crippen molar-refractivity contribution in [2.45, 2.75) is 0 Å². The molecule has 0 fully saturated rings. The van der Waals surface area contributed by atoms with E-state index in [1.165, 1.54) is 11.1 Å². The summed E-state index contributed by atoms with van der Waals surface area (Å²) in [6, 6.07) is 66.9. The van der Waals surface area contributed by atoms with Gasteiger partial charge in [-0.15, -0.1) is 0 Å². The van der Waals surface area contributed by atoms with Crippen LogP contribution in [-0.2, 0) is 0 Å². The zero-order valence-electron chi connectivity index (χ0n) is 29.2. The van der Waals surface area contributed by atoms with Crippen LogP contribution in [0.1, 0.15) is 0 Å². The zero-order chi connectivity index (χ0) is 35.8. The number of aromatic nitrogens is 3. The first-order chi connectivity index (χ1) is 26.8. The van der Waals surface area contributed by atoms with Crippen molar-refractivity contribution in [2.24, 2.45) is 0 Å². The van der Waals surface area contributed by atoms with Gasteiger partial charge in [0.1, 0.15) is 11.2 Å². The molecular formula is C49H32N4O. The summed E-state index contributed by atoms with van der Waals surface area (Å²) in [7, 11) is 0. The van der Waals surface area contributed by atoms with Crippen LogP contribution in [0, 0.1) is 0 Å². The summed E-state index contributed by atoms with van der Waals surface area (Å²) in [5.41, 5.74) is 9.94. The second-order valence-corrected chi connectivity index (χ2v) is 13.3. The van der Waals surface area contributed by atoms with E-state index in [9.17, 15) is 0 Å². The standard InChI is InChI=1S/C49H32N4O/c1-5-15-33(16-6-1)34-25-27-38(28-26-34)53(37-21-11-4-12-22-37)39-29-30-45-42(31-39)43-32-44(40-23-13-14-24-41(40)46(43)54-45)49-51-47(35-17-7-2-8-18-35)50-48(52-49)36-19-9-3-10-20-36/h1-32H. The number of anilines is 3. The summed E-state index contributed by atoms with van der Waals surface area (Å²) in [4.78, 5) is 17.5. The molecule has 0 saturated carbocycles. The molecule has 5 nitrogen and oxygen atoms in total. The van der Waals surface area contributed by atoms with E-state index >= 15 is 0 Å². The number of nitrogens with zero attached hydrogens (tertiary/aromatic N) is 4. The van der Waals surface area contributed by atoms with Gasteiger partial charge in [0.25, 0.3) is 0 Å². The van der Waals surface area contributed by atoms with Gasteiger partial charge >= 0.3 is 0 Å². The molecule has 0 radical (unpaired) electrons. The Bertz CT molecular complexity index is 2850. The largest absolute Gasteiger partial charge is 0.455 e. The maximum atomic E-state index is 6.68. The molecule has 0 unspecified atom stereocenters. The Morgan fingerprint density at radius 3 is 1.44 bits per heavy atom. The molecular weight excluding hydrogens is 661 g/mol. The summed E-state index contributed by atoms with van der Waals surface area (Å²) in [5, 5.41) is 4.02. The molecule has 10 rings (SSSR count). The fraction of sp³-hybridized carbons (Fsp3) is 0. The Kier molecular flexibility index (Phi) is 7.73. The molecule has 0 spiro atoms. The van der Waals surface area contributed by atoms with E-state index in [1.807, 2.05) is 72.8 Å². The van der Waals surface area contributed by atoms with Crippen molar-refractivity contribution in [3.8, 4) is 45.3 Å². The zero-order valence-corrected chi connectivity index (χ0v) is 29.2. The second kappa shape index (κ2) is 13.3. The van der Waals surface area contributed by atoms with Gasteiger partial charge in [-0.3, -0.25) is 0 Å². The molecule has 0 aliphatic rings. The van der Waals surface area contributed by atoms with Crippen LogP contribution < -0.4 is 4.90 Å². The van der Waals surface area contributed by atoms with E-state index < -0.39 is 0 Å². The smallest absolute Gasteiger partial charge is 0.164 e. The van der Waals surface area contributed by atoms with E-state index in [0.717, 1.165) is 66.5 Å². The van der Waals surface area contributed by atoms with Gasteiger partial charge in [-0.25, -0.2) is 15.0 Å². The number of fused-ring (bicyclic) bond motifs is 5. The van der Waals surface area contributed by atoms with E-state index in [0.29, 0.717) is 17.5 Å². The average molecular weight is 693 g/mol. The molecule has 54 heavy (non-hydrogen) atoms. The second-order valence-electron chi connectivity index (χ2n) is 13.3. The number of furan rings is 1. The van der Waals surface area contributed by atoms with Crippen LogP contribution in [0.5, 0.6) is 0 Å². The van der Waals surface area contributed by atoms with Crippen LogP contribution in [0.25, 0.3) is 78.0 Å². The van der Waals surface area contributed by atoms with E-state index in [-0.39, 0.29) is 0 Å². The Labute approximate surface area is 312 Å². The van der Waals surface area contributed by atoms with Gasteiger partial charge < -0.3 is 9.32 Å². The fourth-order valence-electron chi connectivity index (χ4n) is 7.30. The molecule has 10 aromatic rings. The molecule has 2 aromatic heterocycles. The molecule has 0 bridgehead atoms. The molecule has 8 aromatic carbocycles. The molecule has 0 N–H and O–H groups in total. The first-order valence-corrected chi connectivity index (χ1v) is 18.0. The SMILES string of the molecule is c1ccc(-c2ccc(N(c3ccccc3)c3ccc4oc5c6ccccc6c(-c6nc(-c7ccccc7)nc(-c7ccccc7)n6)cc5c4c3)cc2)cc1. The topological polar surface area (TPSA) is 55.1 Å². The average Bonchev–Trinajstić information content (AvgIpc) is 3.63. The van der Waals surface area contributed by atoms with Crippen LogP contribution in [0.15, 0.2) is 199 Å². The molecule has 2 heterocycles. The molecule has 0 atom stereocenters. The quantitative estimate of drug-likeness (QED) is 0.166. The van der Waals surface area contributed by atoms with E-state index in [2.05, 4.69) is 126 Å². The highest BCUT2D eigenvalue weighted by atomic mass is 16.3. The maximum absolute atomic E-state index is 6.68. The normalized spacial score (nSPS) is 11.3. The minimum absolute atomic E-state index is 0.607. The highest BCUT2D eigenvalue weighted by Gasteiger charge is 2.20. The summed E-state index contributed by atoms with van der Waals surface area (Å²) < 4.78 is 6.68. The predicted octanol–water partition coefficient (Wildman–Crippen LogP) is 13.1. The van der Waals surface area contributed by atoms with Crippen molar-refractivity contribution < 1.29 is 4.42 Å². The Morgan fingerprint density at radius 2 is 0.815 bits per heavy atom. The lowest BCUT2D eigenvalue weighted by Gasteiger charge is -2.25. The Morgan fingerprint density at radius 1 is 0.333 bits per heavy atom. The molecule has 5 heteroatoms. The Balaban J connectivity index is 1.17. The predicted molar refractivity (Wildman–Crippen MR) is 221 cm³/mol. The number of para-hydroxylation sites is 1. The van der Waals surface area contributed by atoms with Gasteiger partial charge in [0, 0.05) is 49.9 Å². The molecule has 0 aliphatic carbocycles. The lowest BCUT2D eigenvalue weighted by Crippen LogP contribution is -2.09. The van der Waals surface area contributed by atoms with Gasteiger partial charge in [-0.05, 0) is 65.0 Å². The van der Waals surface area contributed by atoms with Crippen LogP contribution >= 0.6 is 0 Å². The third kappa shape index (κ3) is 5.65. The van der Waals surface area contributed by atoms with Crippen LogP contribution in [-0.4, -0.2) is 15.0 Å². The van der Waals surface area contributed by atoms with Crippen molar-refractivity contribution in [1.82, 2.24) is 15.0 Å². The summed E-state index contributed by atoms with van der Waals surface area (Å²) >= 11 is 0. The summed E-state index contributed by atoms with van der Waals surface area (Å²) in [5.74, 6) is 1.86. The highest BCUT2D eigenvalue weighted by molar-refractivity contribution is 6.19. The molecule has 0 aliphatic heterocycles. The van der Waals surface area contributed by atoms with Crippen molar-refractivity contribution in [2.75, 3.05) is 4.90 Å². The van der Waals surface area contributed by atoms with Gasteiger partial charge in [-0.2, -0.15) is 0 Å². The first-order valence-electron chi connectivity index (χ1n) is 18.0. The summed E-state index contributed by atoms with van der Waals surface area (Å²) in [6.07, 6.45) is 0. The van der Waals surface area contributed by atoms with Gasteiger partial charge in [0.2, 0.25) is 0 Å². The minimum Gasteiger partial charge on any atom is -0.455 e. The van der Waals surface area contributed by atoms with Crippen molar-refractivity contribution in [3.05, 3.63) is 194 Å².